The number of aryl methyl sites for hydroxylation is 4. The molecule has 0 saturated heterocycles. The van der Waals surface area contributed by atoms with E-state index in [1.54, 1.807) is 0 Å². The van der Waals surface area contributed by atoms with Crippen LogP contribution in [0.4, 0.5) is 0 Å². The molecule has 0 unspecified atom stereocenters. The van der Waals surface area contributed by atoms with Gasteiger partial charge < -0.3 is 0 Å². The van der Waals surface area contributed by atoms with Gasteiger partial charge in [-0.2, -0.15) is 0 Å². The number of rotatable bonds is 6. The van der Waals surface area contributed by atoms with E-state index < -0.39 is 0 Å². The van der Waals surface area contributed by atoms with Crippen LogP contribution in [0.5, 0.6) is 0 Å². The molecule has 0 fully saturated rings. The summed E-state index contributed by atoms with van der Waals surface area (Å²) in [6, 6.07) is 39.3. The van der Waals surface area contributed by atoms with Crippen molar-refractivity contribution in [2.75, 3.05) is 0 Å². The van der Waals surface area contributed by atoms with E-state index in [1.165, 1.54) is 0 Å². The fourth-order valence-corrected chi connectivity index (χ4v) is 7.85. The number of para-hydroxylation sites is 7. The molecule has 0 N–H and O–H groups in total. The van der Waals surface area contributed by atoms with E-state index in [0.717, 1.165) is 79.2 Å². The lowest BCUT2D eigenvalue weighted by atomic mass is 10.1. The van der Waals surface area contributed by atoms with Crippen LogP contribution in [-0.2, 0) is 0 Å². The lowest BCUT2D eigenvalue weighted by molar-refractivity contribution is 0.945. The van der Waals surface area contributed by atoms with E-state index in [-0.39, 0.29) is 0 Å². The predicted octanol–water partition coefficient (Wildman–Crippen LogP) is 10.4. The van der Waals surface area contributed by atoms with Gasteiger partial charge in [-0.15, -0.1) is 0 Å². The van der Waals surface area contributed by atoms with Crippen LogP contribution in [0.2, 0.25) is 0 Å². The summed E-state index contributed by atoms with van der Waals surface area (Å²) in [5, 5.41) is 0. The fourth-order valence-electron chi connectivity index (χ4n) is 7.85. The fraction of sp³-hybridized carbons (Fsp3) is 0.106. The molecule has 270 valence electrons. The Hall–Kier alpha value is -7.26. The number of hydrogen-bond donors (Lipinski definition) is 0. The molecule has 9 aromatic rings. The molecule has 0 atom stereocenters. The van der Waals surface area contributed by atoms with Gasteiger partial charge >= 0.3 is 0 Å². The van der Waals surface area contributed by atoms with Crippen molar-refractivity contribution in [2.45, 2.75) is 34.1 Å². The van der Waals surface area contributed by atoms with Crippen molar-refractivity contribution in [3.05, 3.63) is 161 Å². The molecule has 0 radical (unpaired) electrons. The molecule has 5 aromatic carbocycles. The second-order valence-corrected chi connectivity index (χ2v) is 14.2. The first-order chi connectivity index (χ1) is 27.4. The predicted molar refractivity (Wildman–Crippen MR) is 224 cm³/mol. The van der Waals surface area contributed by atoms with Gasteiger partial charge in [0.05, 0.1) is 50.5 Å². The van der Waals surface area contributed by atoms with Crippen LogP contribution < -0.4 is 0 Å². The lowest BCUT2D eigenvalue weighted by Crippen LogP contribution is -2.11. The maximum Gasteiger partial charge on any atom is 0.200 e. The molecule has 0 bridgehead atoms. The second-order valence-electron chi connectivity index (χ2n) is 14.2. The normalized spacial score (nSPS) is 12.4. The van der Waals surface area contributed by atoms with Gasteiger partial charge in [0.2, 0.25) is 17.5 Å². The van der Waals surface area contributed by atoms with Crippen molar-refractivity contribution in [1.82, 2.24) is 43.6 Å². The van der Waals surface area contributed by atoms with Crippen LogP contribution in [0.15, 0.2) is 127 Å². The highest BCUT2D eigenvalue weighted by Gasteiger charge is 2.28. The van der Waals surface area contributed by atoms with Crippen molar-refractivity contribution >= 4 is 34.2 Å². The number of imidazole rings is 3. The Morgan fingerprint density at radius 2 is 0.857 bits per heavy atom. The third kappa shape index (κ3) is 5.39. The van der Waals surface area contributed by atoms with Gasteiger partial charge in [0.1, 0.15) is 0 Å². The van der Waals surface area contributed by atoms with Crippen molar-refractivity contribution in [3.63, 3.8) is 0 Å². The highest BCUT2D eigenvalue weighted by molar-refractivity contribution is 5.85. The van der Waals surface area contributed by atoms with Crippen LogP contribution in [0.25, 0.3) is 86.2 Å². The van der Waals surface area contributed by atoms with Crippen molar-refractivity contribution in [3.8, 4) is 52.0 Å². The zero-order valence-corrected chi connectivity index (χ0v) is 31.5. The Labute approximate surface area is 324 Å². The molecule has 9 nitrogen and oxygen atoms in total. The molecule has 9 heteroatoms. The molecular formula is C47H37N9. The van der Waals surface area contributed by atoms with Crippen LogP contribution in [0.3, 0.4) is 0 Å². The molecule has 4 aromatic heterocycles. The van der Waals surface area contributed by atoms with Crippen LogP contribution >= 0.6 is 0 Å². The van der Waals surface area contributed by atoms with E-state index in [2.05, 4.69) is 120 Å². The van der Waals surface area contributed by atoms with E-state index in [0.29, 0.717) is 34.9 Å². The van der Waals surface area contributed by atoms with E-state index in [1.807, 2.05) is 60.7 Å². The summed E-state index contributed by atoms with van der Waals surface area (Å²) in [5.41, 5.74) is 12.8. The first-order valence-electron chi connectivity index (χ1n) is 18.8. The smallest absolute Gasteiger partial charge is 0.200 e. The number of fused-ring (bicyclic) bond motifs is 3. The summed E-state index contributed by atoms with van der Waals surface area (Å²) < 4.78 is 6.50. The molecule has 56 heavy (non-hydrogen) atoms. The molecule has 10 rings (SSSR count). The van der Waals surface area contributed by atoms with Gasteiger partial charge in [-0.1, -0.05) is 91.0 Å². The topological polar surface area (TPSA) is 92.1 Å². The highest BCUT2D eigenvalue weighted by atomic mass is 15.2. The number of nitrogens with zero attached hydrogens (tertiary/aromatic N) is 9. The minimum Gasteiger partial charge on any atom is -0.289 e. The van der Waals surface area contributed by atoms with Crippen LogP contribution in [0, 0.1) is 27.7 Å². The summed E-state index contributed by atoms with van der Waals surface area (Å²) in [6.07, 6.45) is 9.35. The Morgan fingerprint density at radius 3 is 1.39 bits per heavy atom. The standard InChI is InChI=1S/C47H37N9/c1-29-17-8-12-24-36(29)54-38-27-14-10-22-33(38)48-45(54)42-51-43(46-49-34-23-11-15-28-39(34)55(46)37-25-13-9-18-30(37)2)53-44(52-42)47-50-35-21-6-5-7-26-40(35)56(47)41-31(3)19-16-20-32(41)4/h6-28H,5H2,1-4H3. The van der Waals surface area contributed by atoms with Gasteiger partial charge in [-0.25, -0.2) is 29.9 Å². The molecule has 0 amide bonds. The van der Waals surface area contributed by atoms with Gasteiger partial charge in [0.25, 0.3) is 0 Å². The van der Waals surface area contributed by atoms with Crippen LogP contribution in [0.1, 0.15) is 40.1 Å². The Kier molecular flexibility index (Phi) is 7.88. The largest absolute Gasteiger partial charge is 0.289 e. The van der Waals surface area contributed by atoms with E-state index in [9.17, 15) is 0 Å². The number of hydrogen-bond acceptors (Lipinski definition) is 6. The van der Waals surface area contributed by atoms with Crippen LogP contribution in [-0.4, -0.2) is 43.6 Å². The summed E-state index contributed by atoms with van der Waals surface area (Å²) >= 11 is 0. The van der Waals surface area contributed by atoms with Gasteiger partial charge in [0.15, 0.2) is 17.5 Å². The first kappa shape index (κ1) is 33.3. The van der Waals surface area contributed by atoms with E-state index in [4.69, 9.17) is 29.9 Å². The highest BCUT2D eigenvalue weighted by Crippen LogP contribution is 2.36. The molecule has 0 saturated carbocycles. The van der Waals surface area contributed by atoms with Gasteiger partial charge in [0, 0.05) is 0 Å². The van der Waals surface area contributed by atoms with Crippen molar-refractivity contribution < 1.29 is 0 Å². The SMILES string of the molecule is Cc1ccccc1-n1c(-c2nc(-c3nc4c(n3-c3c(C)cccc3C)C=CCC=C4)nc(-c3nc4ccccc4n3-c3ccccc3C)n2)nc2ccccc21. The molecular weight excluding hydrogens is 691 g/mol. The maximum absolute atomic E-state index is 5.32. The summed E-state index contributed by atoms with van der Waals surface area (Å²) in [6.45, 7) is 8.48. The van der Waals surface area contributed by atoms with Gasteiger partial charge in [-0.05, 0) is 105 Å². The number of aromatic nitrogens is 9. The summed E-state index contributed by atoms with van der Waals surface area (Å²) in [5.74, 6) is 3.02. The maximum atomic E-state index is 5.32. The number of benzene rings is 5. The zero-order chi connectivity index (χ0) is 37.9. The van der Waals surface area contributed by atoms with E-state index >= 15 is 0 Å². The average molecular weight is 728 g/mol. The Bertz CT molecular complexity index is 2900. The monoisotopic (exact) mass is 727 g/mol. The van der Waals surface area contributed by atoms with Crippen molar-refractivity contribution in [1.29, 1.82) is 0 Å². The lowest BCUT2D eigenvalue weighted by Gasteiger charge is -2.17. The molecule has 4 heterocycles. The quantitative estimate of drug-likeness (QED) is 0.169. The number of allylic oxidation sites excluding steroid dienone is 2. The minimum atomic E-state index is 0.408. The van der Waals surface area contributed by atoms with Gasteiger partial charge in [-0.3, -0.25) is 13.7 Å². The molecule has 0 aliphatic heterocycles. The third-order valence-corrected chi connectivity index (χ3v) is 10.5. The third-order valence-electron chi connectivity index (χ3n) is 10.5. The summed E-state index contributed by atoms with van der Waals surface area (Å²) in [4.78, 5) is 31.7. The van der Waals surface area contributed by atoms with Crippen molar-refractivity contribution in [2.24, 2.45) is 0 Å². The second kappa shape index (κ2) is 13.2. The molecule has 1 aliphatic carbocycles. The summed E-state index contributed by atoms with van der Waals surface area (Å²) in [7, 11) is 0. The molecule has 0 spiro atoms. The first-order valence-corrected chi connectivity index (χ1v) is 18.8. The average Bonchev–Trinajstić information content (AvgIpc) is 3.84. The Morgan fingerprint density at radius 1 is 0.411 bits per heavy atom. The minimum absolute atomic E-state index is 0.408. The Balaban J connectivity index is 1.33. The zero-order valence-electron chi connectivity index (χ0n) is 31.5. The molecule has 1 aliphatic rings.